The van der Waals surface area contributed by atoms with Gasteiger partial charge in [0.2, 0.25) is 0 Å². The highest BCUT2D eigenvalue weighted by Gasteiger charge is 1.82. The normalized spacial score (nSPS) is 16.3. The van der Waals surface area contributed by atoms with Gasteiger partial charge in [0.05, 0.1) is 0 Å². The van der Waals surface area contributed by atoms with E-state index in [1.807, 2.05) is 0 Å². The molecule has 0 aromatic carbocycles. The zero-order valence-electron chi connectivity index (χ0n) is 3.55. The third-order valence-electron chi connectivity index (χ3n) is 0.270. The Kier molecular flexibility index (Phi) is 3.43. The van der Waals surface area contributed by atoms with Gasteiger partial charge >= 0.3 is 0 Å². The molecule has 2 unspecified atom stereocenters. The Hall–Kier alpha value is 0.150. The molecule has 0 spiro atoms. The monoisotopic (exact) mass is 109 g/mol. The molecule has 0 rings (SSSR count). The lowest BCUT2D eigenvalue weighted by atomic mass is 10.7. The molecule has 0 aromatic rings. The largest absolute Gasteiger partial charge is 0.314 e. The van der Waals surface area contributed by atoms with Crippen LogP contribution in [-0.2, 0) is 9.09 Å². The average Bonchev–Trinajstić information content (AvgIpc) is 1.35. The van der Waals surface area contributed by atoms with Crippen LogP contribution in [-0.4, -0.2) is 6.23 Å². The molecule has 0 radical (unpaired) electrons. The van der Waals surface area contributed by atoms with Crippen LogP contribution in [0.3, 0.4) is 0 Å². The van der Waals surface area contributed by atoms with Crippen molar-refractivity contribution in [1.82, 2.24) is 0 Å². The van der Waals surface area contributed by atoms with Gasteiger partial charge in [0.25, 0.3) is 0 Å². The number of rotatable bonds is 2. The van der Waals surface area contributed by atoms with Gasteiger partial charge in [0, 0.05) is 0 Å². The van der Waals surface area contributed by atoms with Crippen LogP contribution in [0.25, 0.3) is 0 Å². The Balaban J connectivity index is 2.81. The van der Waals surface area contributed by atoms with E-state index in [4.69, 9.17) is 5.73 Å². The van der Waals surface area contributed by atoms with E-state index in [1.165, 1.54) is 0 Å². The molecule has 0 fully saturated rings. The van der Waals surface area contributed by atoms with Gasteiger partial charge in [0.1, 0.15) is 6.23 Å². The third-order valence-corrected chi connectivity index (χ3v) is 0.811. The molecule has 4 heteroatoms. The van der Waals surface area contributed by atoms with Crippen molar-refractivity contribution < 1.29 is 9.09 Å². The van der Waals surface area contributed by atoms with Gasteiger partial charge in [-0.3, -0.25) is 4.57 Å². The molecular formula is C2H8NO2P. The summed E-state index contributed by atoms with van der Waals surface area (Å²) in [6.45, 7) is 1.63. The van der Waals surface area contributed by atoms with E-state index >= 15 is 0 Å². The summed E-state index contributed by atoms with van der Waals surface area (Å²) in [5.41, 5.74) is 5.00. The van der Waals surface area contributed by atoms with Crippen molar-refractivity contribution in [2.75, 3.05) is 0 Å². The van der Waals surface area contributed by atoms with Gasteiger partial charge in [-0.2, -0.15) is 0 Å². The van der Waals surface area contributed by atoms with Crippen molar-refractivity contribution in [2.24, 2.45) is 5.73 Å². The summed E-state index contributed by atoms with van der Waals surface area (Å²) in [5, 5.41) is 0. The van der Waals surface area contributed by atoms with Gasteiger partial charge < -0.3 is 10.3 Å². The molecule has 0 bridgehead atoms. The van der Waals surface area contributed by atoms with Crippen LogP contribution in [0.1, 0.15) is 6.92 Å². The van der Waals surface area contributed by atoms with E-state index < -0.39 is 8.69 Å². The van der Waals surface area contributed by atoms with Gasteiger partial charge in [-0.1, -0.05) is 0 Å². The number of hydrogen-bond donors (Lipinski definition) is 1. The highest BCUT2D eigenvalue weighted by molar-refractivity contribution is 7.17. The first-order valence-electron chi connectivity index (χ1n) is 1.62. The van der Waals surface area contributed by atoms with Crippen molar-refractivity contribution in [3.05, 3.63) is 0 Å². The highest BCUT2D eigenvalue weighted by atomic mass is 31.1. The molecule has 38 valence electrons. The first-order valence-corrected chi connectivity index (χ1v) is 2.56. The second kappa shape index (κ2) is 3.34. The minimum atomic E-state index is -1.12. The number of hydrogen-bond acceptors (Lipinski definition) is 3. The Morgan fingerprint density at radius 1 is 2.00 bits per heavy atom. The Morgan fingerprint density at radius 2 is 2.50 bits per heavy atom. The fourth-order valence-electron chi connectivity index (χ4n) is 0.0876. The molecular weight excluding hydrogens is 101 g/mol. The molecule has 0 aliphatic heterocycles. The lowest BCUT2D eigenvalue weighted by molar-refractivity contribution is 0.254. The Bertz CT molecular complexity index is 46.8. The summed E-state index contributed by atoms with van der Waals surface area (Å²) in [6, 6.07) is 0. The van der Waals surface area contributed by atoms with Crippen LogP contribution in [0.5, 0.6) is 0 Å². The topological polar surface area (TPSA) is 52.3 Å². The molecule has 2 atom stereocenters. The molecule has 2 N–H and O–H groups in total. The molecule has 0 saturated heterocycles. The summed E-state index contributed by atoms with van der Waals surface area (Å²) < 4.78 is 13.9. The third kappa shape index (κ3) is 4.15. The van der Waals surface area contributed by atoms with Crippen molar-refractivity contribution in [1.29, 1.82) is 0 Å². The van der Waals surface area contributed by atoms with E-state index in [1.54, 1.807) is 6.92 Å². The van der Waals surface area contributed by atoms with E-state index in [9.17, 15) is 4.57 Å². The van der Waals surface area contributed by atoms with Crippen LogP contribution in [0, 0.1) is 0 Å². The Morgan fingerprint density at radius 3 is 2.50 bits per heavy atom. The zero-order valence-corrected chi connectivity index (χ0v) is 4.70. The molecule has 3 nitrogen and oxygen atoms in total. The van der Waals surface area contributed by atoms with Crippen LogP contribution in [0.2, 0.25) is 0 Å². The lowest BCUT2D eigenvalue weighted by Gasteiger charge is -1.94. The summed E-state index contributed by atoms with van der Waals surface area (Å²) in [6.07, 6.45) is -0.377. The number of nitrogens with two attached hydrogens (primary N) is 1. The standard InChI is InChI=1S/C2H8NO2P/c1-2(3)5-6-4/h2H,3,6H2,1H3. The minimum absolute atomic E-state index is 0.377. The molecule has 6 heavy (non-hydrogen) atoms. The van der Waals surface area contributed by atoms with Gasteiger partial charge in [-0.25, -0.2) is 0 Å². The van der Waals surface area contributed by atoms with E-state index in [-0.39, 0.29) is 6.23 Å². The average molecular weight is 109 g/mol. The maximum Gasteiger partial charge on any atom is 0.181 e. The molecule has 0 saturated carbocycles. The van der Waals surface area contributed by atoms with Crippen LogP contribution in [0.4, 0.5) is 0 Å². The quantitative estimate of drug-likeness (QED) is 0.400. The SMILES string of the molecule is CC(N)O[PH2]=O. The molecule has 0 aromatic heterocycles. The lowest BCUT2D eigenvalue weighted by Crippen LogP contribution is -2.13. The molecule has 0 amide bonds. The van der Waals surface area contributed by atoms with E-state index in [2.05, 4.69) is 4.52 Å². The van der Waals surface area contributed by atoms with Crippen molar-refractivity contribution in [3.8, 4) is 0 Å². The van der Waals surface area contributed by atoms with E-state index in [0.717, 1.165) is 0 Å². The predicted octanol–water partition coefficient (Wildman–Crippen LogP) is -0.0210. The summed E-state index contributed by atoms with van der Waals surface area (Å²) >= 11 is 0. The van der Waals surface area contributed by atoms with Gasteiger partial charge in [-0.15, -0.1) is 0 Å². The zero-order chi connectivity index (χ0) is 4.99. The van der Waals surface area contributed by atoms with Crippen LogP contribution in [0.15, 0.2) is 0 Å². The van der Waals surface area contributed by atoms with Crippen molar-refractivity contribution >= 4 is 8.69 Å². The van der Waals surface area contributed by atoms with Gasteiger partial charge in [0.15, 0.2) is 8.69 Å². The minimum Gasteiger partial charge on any atom is -0.314 e. The van der Waals surface area contributed by atoms with Crippen LogP contribution < -0.4 is 5.73 Å². The smallest absolute Gasteiger partial charge is 0.181 e. The fraction of sp³-hybridized carbons (Fsp3) is 1.00. The maximum atomic E-state index is 9.52. The fourth-order valence-corrected chi connectivity index (χ4v) is 0.263. The molecule has 0 aliphatic carbocycles. The first-order chi connectivity index (χ1) is 2.77. The molecule has 0 heterocycles. The second-order valence-corrected chi connectivity index (χ2v) is 1.40. The maximum absolute atomic E-state index is 9.52. The summed E-state index contributed by atoms with van der Waals surface area (Å²) in [7, 11) is -1.12. The van der Waals surface area contributed by atoms with Crippen molar-refractivity contribution in [2.45, 2.75) is 13.2 Å². The van der Waals surface area contributed by atoms with Crippen LogP contribution >= 0.6 is 8.69 Å². The first kappa shape index (κ1) is 6.15. The Labute approximate surface area is 37.8 Å². The summed E-state index contributed by atoms with van der Waals surface area (Å²) in [4.78, 5) is 0. The van der Waals surface area contributed by atoms with Gasteiger partial charge in [-0.05, 0) is 6.92 Å². The van der Waals surface area contributed by atoms with E-state index in [0.29, 0.717) is 0 Å². The predicted molar refractivity (Wildman–Crippen MR) is 25.1 cm³/mol. The van der Waals surface area contributed by atoms with Crippen molar-refractivity contribution in [3.63, 3.8) is 0 Å². The second-order valence-electron chi connectivity index (χ2n) is 0.937. The molecule has 0 aliphatic rings. The highest BCUT2D eigenvalue weighted by Crippen LogP contribution is 1.94. The summed E-state index contributed by atoms with van der Waals surface area (Å²) in [5.74, 6) is 0.